The Kier molecular flexibility index (Phi) is 5.96. The maximum atomic E-state index is 13.5. The number of nitrogens with zero attached hydrogens (tertiary/aromatic N) is 1. The van der Waals surface area contributed by atoms with Gasteiger partial charge >= 0.3 is 0 Å². The summed E-state index contributed by atoms with van der Waals surface area (Å²) in [4.78, 5) is 15.4. The van der Waals surface area contributed by atoms with Crippen LogP contribution in [0, 0.1) is 0 Å². The number of hydrogen-bond donors (Lipinski definition) is 0. The average molecular weight is 427 g/mol. The zero-order valence-electron chi connectivity index (χ0n) is 18.5. The predicted octanol–water partition coefficient (Wildman–Crippen LogP) is 3.43. The summed E-state index contributed by atoms with van der Waals surface area (Å²) >= 11 is 0. The molecule has 2 heterocycles. The fourth-order valence-electron chi connectivity index (χ4n) is 4.74. The Morgan fingerprint density at radius 2 is 1.48 bits per heavy atom. The van der Waals surface area contributed by atoms with Gasteiger partial charge in [0, 0.05) is 37.3 Å². The van der Waals surface area contributed by atoms with Crippen molar-refractivity contribution < 1.29 is 28.5 Å². The molecule has 166 valence electrons. The van der Waals surface area contributed by atoms with Gasteiger partial charge in [0.25, 0.3) is 5.91 Å². The van der Waals surface area contributed by atoms with Crippen molar-refractivity contribution in [3.63, 3.8) is 0 Å². The third-order valence-corrected chi connectivity index (χ3v) is 6.40. The summed E-state index contributed by atoms with van der Waals surface area (Å²) in [5, 5.41) is 0. The van der Waals surface area contributed by atoms with Crippen molar-refractivity contribution in [1.82, 2.24) is 4.90 Å². The first kappa shape index (κ1) is 21.3. The number of rotatable bonds is 5. The lowest BCUT2D eigenvalue weighted by Gasteiger charge is -2.46. The van der Waals surface area contributed by atoms with E-state index in [0.717, 1.165) is 18.4 Å². The first-order chi connectivity index (χ1) is 15.0. The normalized spacial score (nSPS) is 17.1. The number of hydrogen-bond acceptors (Lipinski definition) is 6. The Bertz CT molecular complexity index is 967. The molecule has 2 aliphatic rings. The lowest BCUT2D eigenvalue weighted by molar-refractivity contribution is 0.0236. The van der Waals surface area contributed by atoms with Gasteiger partial charge in [0.05, 0.1) is 28.4 Å². The van der Waals surface area contributed by atoms with Crippen molar-refractivity contribution in [3.05, 3.63) is 47.0 Å². The molecule has 0 aromatic heterocycles. The van der Waals surface area contributed by atoms with Gasteiger partial charge < -0.3 is 28.6 Å². The highest BCUT2D eigenvalue weighted by Gasteiger charge is 2.43. The molecule has 0 unspecified atom stereocenters. The molecule has 7 heteroatoms. The van der Waals surface area contributed by atoms with Crippen LogP contribution in [0.1, 0.15) is 34.3 Å². The van der Waals surface area contributed by atoms with Crippen LogP contribution in [0.4, 0.5) is 0 Å². The molecule has 1 spiro atoms. The molecule has 1 saturated heterocycles. The monoisotopic (exact) mass is 427 g/mol. The number of benzene rings is 2. The van der Waals surface area contributed by atoms with Crippen molar-refractivity contribution >= 4 is 5.91 Å². The van der Waals surface area contributed by atoms with Gasteiger partial charge in [0.15, 0.2) is 23.0 Å². The largest absolute Gasteiger partial charge is 0.493 e. The topological polar surface area (TPSA) is 66.5 Å². The Morgan fingerprint density at radius 3 is 2.13 bits per heavy atom. The highest BCUT2D eigenvalue weighted by molar-refractivity contribution is 5.95. The Balaban J connectivity index is 1.74. The van der Waals surface area contributed by atoms with Crippen molar-refractivity contribution in [1.29, 1.82) is 0 Å². The van der Waals surface area contributed by atoms with Crippen LogP contribution in [0.5, 0.6) is 23.0 Å². The predicted molar refractivity (Wildman–Crippen MR) is 116 cm³/mol. The van der Waals surface area contributed by atoms with Crippen molar-refractivity contribution in [2.45, 2.75) is 24.8 Å². The summed E-state index contributed by atoms with van der Waals surface area (Å²) in [6, 6.07) is 9.37. The molecule has 2 aromatic carbocycles. The molecular formula is C24H29NO6. The molecule has 4 rings (SSSR count). The Morgan fingerprint density at radius 1 is 0.871 bits per heavy atom. The molecule has 1 amide bonds. The molecule has 0 atom stereocenters. The molecule has 0 aliphatic carbocycles. The van der Waals surface area contributed by atoms with Gasteiger partial charge in [0.2, 0.25) is 0 Å². The summed E-state index contributed by atoms with van der Waals surface area (Å²) in [7, 11) is 6.43. The number of fused-ring (bicyclic) bond motifs is 2. The van der Waals surface area contributed by atoms with Crippen LogP contribution in [-0.2, 0) is 16.7 Å². The third-order valence-electron chi connectivity index (χ3n) is 6.40. The van der Waals surface area contributed by atoms with Gasteiger partial charge in [0.1, 0.15) is 0 Å². The van der Waals surface area contributed by atoms with E-state index in [2.05, 4.69) is 6.07 Å². The van der Waals surface area contributed by atoms with E-state index in [4.69, 9.17) is 23.7 Å². The average Bonchev–Trinajstić information content (AvgIpc) is 2.82. The zero-order chi connectivity index (χ0) is 22.0. The van der Waals surface area contributed by atoms with Gasteiger partial charge in [-0.2, -0.15) is 0 Å². The van der Waals surface area contributed by atoms with E-state index in [1.54, 1.807) is 46.6 Å². The van der Waals surface area contributed by atoms with Crippen LogP contribution in [-0.4, -0.2) is 59.0 Å². The minimum Gasteiger partial charge on any atom is -0.493 e. The number of carbonyl (C=O) groups is 1. The van der Waals surface area contributed by atoms with Gasteiger partial charge in [-0.1, -0.05) is 0 Å². The van der Waals surface area contributed by atoms with Crippen molar-refractivity contribution in [3.8, 4) is 23.0 Å². The second kappa shape index (κ2) is 8.67. The third kappa shape index (κ3) is 3.78. The van der Waals surface area contributed by atoms with Crippen molar-refractivity contribution in [2.75, 3.05) is 48.2 Å². The van der Waals surface area contributed by atoms with Gasteiger partial charge in [-0.05, 0) is 54.3 Å². The fourth-order valence-corrected chi connectivity index (χ4v) is 4.74. The van der Waals surface area contributed by atoms with E-state index < -0.39 is 0 Å². The molecule has 31 heavy (non-hydrogen) atoms. The van der Waals surface area contributed by atoms with E-state index in [0.29, 0.717) is 54.9 Å². The van der Waals surface area contributed by atoms with E-state index in [9.17, 15) is 4.79 Å². The lowest BCUT2D eigenvalue weighted by Crippen LogP contribution is -2.50. The fraction of sp³-hybridized carbons (Fsp3) is 0.458. The molecule has 0 N–H and O–H groups in total. The van der Waals surface area contributed by atoms with E-state index in [1.807, 2.05) is 11.0 Å². The summed E-state index contributed by atoms with van der Waals surface area (Å²) in [6.45, 7) is 2.48. The highest BCUT2D eigenvalue weighted by atomic mass is 16.5. The van der Waals surface area contributed by atoms with Crippen molar-refractivity contribution in [2.24, 2.45) is 0 Å². The molecule has 7 nitrogen and oxygen atoms in total. The molecule has 2 aromatic rings. The maximum Gasteiger partial charge on any atom is 0.254 e. The quantitative estimate of drug-likeness (QED) is 0.729. The zero-order valence-corrected chi connectivity index (χ0v) is 18.5. The number of carbonyl (C=O) groups excluding carboxylic acids is 1. The first-order valence-electron chi connectivity index (χ1n) is 10.4. The minimum absolute atomic E-state index is 0.0349. The molecule has 0 saturated carbocycles. The molecule has 1 fully saturated rings. The van der Waals surface area contributed by atoms with E-state index >= 15 is 0 Å². The van der Waals surface area contributed by atoms with Crippen LogP contribution >= 0.6 is 0 Å². The van der Waals surface area contributed by atoms with Crippen LogP contribution in [0.25, 0.3) is 0 Å². The Labute approximate surface area is 182 Å². The second-order valence-corrected chi connectivity index (χ2v) is 7.99. The summed E-state index contributed by atoms with van der Waals surface area (Å²) in [5.41, 5.74) is 2.71. The van der Waals surface area contributed by atoms with Crippen LogP contribution in [0.2, 0.25) is 0 Å². The Hall–Kier alpha value is -2.93. The van der Waals surface area contributed by atoms with Gasteiger partial charge in [-0.15, -0.1) is 0 Å². The van der Waals surface area contributed by atoms with E-state index in [-0.39, 0.29) is 11.3 Å². The number of ether oxygens (including phenoxy) is 5. The molecule has 0 bridgehead atoms. The molecular weight excluding hydrogens is 398 g/mol. The van der Waals surface area contributed by atoms with Crippen LogP contribution < -0.4 is 18.9 Å². The standard InChI is InChI=1S/C24H29NO6/c1-27-19-6-5-16(11-20(19)28-2)23(26)25-14-17-12-21(29-3)22(30-4)13-18(17)24(15-25)7-9-31-10-8-24/h5-6,11-13H,7-10,14-15H2,1-4H3. The molecule has 0 radical (unpaired) electrons. The molecule has 2 aliphatic heterocycles. The summed E-state index contributed by atoms with van der Waals surface area (Å²) in [5.74, 6) is 2.49. The summed E-state index contributed by atoms with van der Waals surface area (Å²) in [6.07, 6.45) is 1.70. The number of amides is 1. The SMILES string of the molecule is COc1ccc(C(=O)N2Cc3cc(OC)c(OC)cc3C3(CCOCC3)C2)cc1OC. The number of methoxy groups -OCH3 is 4. The van der Waals surface area contributed by atoms with Gasteiger partial charge in [-0.25, -0.2) is 0 Å². The van der Waals surface area contributed by atoms with E-state index in [1.165, 1.54) is 5.56 Å². The lowest BCUT2D eigenvalue weighted by atomic mass is 9.69. The summed E-state index contributed by atoms with van der Waals surface area (Å²) < 4.78 is 27.5. The van der Waals surface area contributed by atoms with Crippen LogP contribution in [0.15, 0.2) is 30.3 Å². The maximum absolute atomic E-state index is 13.5. The highest BCUT2D eigenvalue weighted by Crippen LogP contribution is 2.45. The minimum atomic E-state index is -0.169. The smallest absolute Gasteiger partial charge is 0.254 e. The van der Waals surface area contributed by atoms with Crippen LogP contribution in [0.3, 0.4) is 0 Å². The first-order valence-corrected chi connectivity index (χ1v) is 10.4. The second-order valence-electron chi connectivity index (χ2n) is 7.99. The van der Waals surface area contributed by atoms with Gasteiger partial charge in [-0.3, -0.25) is 4.79 Å².